The SMILES string of the molecule is CCCCCCCCC(CCCC)(CCCC)C(=O)O.[Nd]. The summed E-state index contributed by atoms with van der Waals surface area (Å²) in [6.07, 6.45) is 14.4. The van der Waals surface area contributed by atoms with Gasteiger partial charge in [0.05, 0.1) is 5.41 Å². The zero-order valence-corrected chi connectivity index (χ0v) is 17.8. The van der Waals surface area contributed by atoms with E-state index in [2.05, 4.69) is 20.8 Å². The van der Waals surface area contributed by atoms with Gasteiger partial charge in [-0.2, -0.15) is 0 Å². The second kappa shape index (κ2) is 15.7. The summed E-state index contributed by atoms with van der Waals surface area (Å²) in [6.45, 7) is 6.53. The average molecular weight is 429 g/mol. The van der Waals surface area contributed by atoms with Crippen LogP contribution in [0.2, 0.25) is 0 Å². The summed E-state index contributed by atoms with van der Waals surface area (Å²) >= 11 is 0. The number of unbranched alkanes of at least 4 members (excludes halogenated alkanes) is 7. The van der Waals surface area contributed by atoms with Gasteiger partial charge >= 0.3 is 5.97 Å². The standard InChI is InChI=1S/C18H36O2.Nd/c1-4-7-10-11-12-13-16-18(17(19)20,14-8-5-2)15-9-6-3;/h4-16H2,1-3H3,(H,19,20);. The Morgan fingerprint density at radius 1 is 0.714 bits per heavy atom. The second-order valence-corrected chi connectivity index (χ2v) is 6.31. The molecule has 0 aromatic carbocycles. The van der Waals surface area contributed by atoms with Crippen molar-refractivity contribution in [1.82, 2.24) is 0 Å². The van der Waals surface area contributed by atoms with Crippen LogP contribution in [0.15, 0.2) is 0 Å². The van der Waals surface area contributed by atoms with Gasteiger partial charge in [-0.15, -0.1) is 0 Å². The van der Waals surface area contributed by atoms with Gasteiger partial charge in [0, 0.05) is 40.8 Å². The minimum atomic E-state index is -0.548. The molecule has 0 amide bonds. The van der Waals surface area contributed by atoms with E-state index in [0.29, 0.717) is 0 Å². The maximum Gasteiger partial charge on any atom is 0.309 e. The molecule has 0 bridgehead atoms. The zero-order chi connectivity index (χ0) is 15.3. The predicted molar refractivity (Wildman–Crippen MR) is 87.1 cm³/mol. The van der Waals surface area contributed by atoms with E-state index in [4.69, 9.17) is 0 Å². The number of aliphatic carboxylic acids is 1. The van der Waals surface area contributed by atoms with E-state index in [1.807, 2.05) is 0 Å². The Kier molecular flexibility index (Phi) is 18.0. The van der Waals surface area contributed by atoms with Gasteiger partial charge in [-0.25, -0.2) is 0 Å². The molecule has 0 aromatic rings. The van der Waals surface area contributed by atoms with Crippen LogP contribution in [0.4, 0.5) is 0 Å². The Balaban J connectivity index is 0. The first-order valence-electron chi connectivity index (χ1n) is 8.86. The summed E-state index contributed by atoms with van der Waals surface area (Å²) in [5, 5.41) is 9.72. The quantitative estimate of drug-likeness (QED) is 0.335. The Hall–Kier alpha value is 0.821. The summed E-state index contributed by atoms with van der Waals surface area (Å²) < 4.78 is 0. The molecule has 1 N–H and O–H groups in total. The number of hydrogen-bond acceptors (Lipinski definition) is 1. The van der Waals surface area contributed by atoms with Crippen LogP contribution in [-0.2, 0) is 4.79 Å². The van der Waals surface area contributed by atoms with E-state index in [0.717, 1.165) is 51.4 Å². The van der Waals surface area contributed by atoms with E-state index < -0.39 is 11.4 Å². The fourth-order valence-corrected chi connectivity index (χ4v) is 2.97. The zero-order valence-electron chi connectivity index (χ0n) is 14.5. The largest absolute Gasteiger partial charge is 0.481 e. The Bertz CT molecular complexity index is 233. The van der Waals surface area contributed by atoms with Crippen LogP contribution in [0.1, 0.15) is 104 Å². The van der Waals surface area contributed by atoms with Gasteiger partial charge in [0.15, 0.2) is 0 Å². The molecular formula is C18H36NdO2. The number of carbonyl (C=O) groups is 1. The number of carboxylic acids is 1. The van der Waals surface area contributed by atoms with Gasteiger partial charge < -0.3 is 5.11 Å². The van der Waals surface area contributed by atoms with Crippen molar-refractivity contribution < 1.29 is 50.7 Å². The molecule has 3 heteroatoms. The Labute approximate surface area is 165 Å². The fraction of sp³-hybridized carbons (Fsp3) is 0.944. The van der Waals surface area contributed by atoms with Gasteiger partial charge in [0.1, 0.15) is 0 Å². The van der Waals surface area contributed by atoms with Crippen molar-refractivity contribution in [2.24, 2.45) is 5.41 Å². The number of hydrogen-bond donors (Lipinski definition) is 1. The van der Waals surface area contributed by atoms with Gasteiger partial charge in [0.2, 0.25) is 0 Å². The molecule has 0 saturated heterocycles. The molecule has 0 rings (SSSR count). The van der Waals surface area contributed by atoms with Gasteiger partial charge in [-0.1, -0.05) is 85.0 Å². The molecule has 0 aliphatic carbocycles. The van der Waals surface area contributed by atoms with Crippen LogP contribution < -0.4 is 0 Å². The van der Waals surface area contributed by atoms with Crippen LogP contribution in [0, 0.1) is 46.3 Å². The minimum Gasteiger partial charge on any atom is -0.481 e. The summed E-state index contributed by atoms with van der Waals surface area (Å²) in [5.74, 6) is -0.548. The molecule has 2 nitrogen and oxygen atoms in total. The van der Waals surface area contributed by atoms with Crippen molar-refractivity contribution in [2.45, 2.75) is 104 Å². The molecule has 0 saturated carbocycles. The summed E-state index contributed by atoms with van der Waals surface area (Å²) in [4.78, 5) is 11.8. The van der Waals surface area contributed by atoms with E-state index in [1.54, 1.807) is 0 Å². The first-order chi connectivity index (χ1) is 9.63. The fourth-order valence-electron chi connectivity index (χ4n) is 2.97. The van der Waals surface area contributed by atoms with Crippen molar-refractivity contribution in [3.8, 4) is 0 Å². The molecule has 0 atom stereocenters. The molecule has 0 aromatic heterocycles. The van der Waals surface area contributed by atoms with Crippen LogP contribution in [-0.4, -0.2) is 11.1 Å². The Morgan fingerprint density at radius 2 is 1.10 bits per heavy atom. The third-order valence-electron chi connectivity index (χ3n) is 4.48. The summed E-state index contributed by atoms with van der Waals surface area (Å²) in [5.41, 5.74) is -0.434. The number of rotatable bonds is 14. The summed E-state index contributed by atoms with van der Waals surface area (Å²) in [6, 6.07) is 0. The topological polar surface area (TPSA) is 37.3 Å². The second-order valence-electron chi connectivity index (χ2n) is 6.31. The summed E-state index contributed by atoms with van der Waals surface area (Å²) in [7, 11) is 0. The number of carboxylic acid groups (broad SMARTS) is 1. The molecule has 0 heterocycles. The third kappa shape index (κ3) is 11.1. The van der Waals surface area contributed by atoms with E-state index in [-0.39, 0.29) is 40.8 Å². The van der Waals surface area contributed by atoms with Crippen molar-refractivity contribution in [3.05, 3.63) is 0 Å². The van der Waals surface area contributed by atoms with Crippen LogP contribution >= 0.6 is 0 Å². The van der Waals surface area contributed by atoms with Crippen molar-refractivity contribution in [2.75, 3.05) is 0 Å². The molecule has 0 fully saturated rings. The Morgan fingerprint density at radius 3 is 1.52 bits per heavy atom. The predicted octanol–water partition coefficient (Wildman–Crippen LogP) is 6.19. The van der Waals surface area contributed by atoms with Gasteiger partial charge in [-0.3, -0.25) is 4.79 Å². The molecule has 21 heavy (non-hydrogen) atoms. The minimum absolute atomic E-state index is 0. The molecule has 0 aliphatic rings. The van der Waals surface area contributed by atoms with Crippen LogP contribution in [0.25, 0.3) is 0 Å². The third-order valence-corrected chi connectivity index (χ3v) is 4.48. The molecule has 0 radical (unpaired) electrons. The first kappa shape index (κ1) is 24.1. The van der Waals surface area contributed by atoms with Gasteiger partial charge in [-0.05, 0) is 19.3 Å². The molecule has 124 valence electrons. The van der Waals surface area contributed by atoms with Gasteiger partial charge in [0.25, 0.3) is 0 Å². The van der Waals surface area contributed by atoms with E-state index >= 15 is 0 Å². The van der Waals surface area contributed by atoms with E-state index in [9.17, 15) is 9.90 Å². The van der Waals surface area contributed by atoms with Crippen LogP contribution in [0.5, 0.6) is 0 Å². The first-order valence-corrected chi connectivity index (χ1v) is 8.86. The van der Waals surface area contributed by atoms with Crippen molar-refractivity contribution in [1.29, 1.82) is 0 Å². The maximum atomic E-state index is 11.8. The van der Waals surface area contributed by atoms with Crippen molar-refractivity contribution >= 4 is 5.97 Å². The molecule has 0 aliphatic heterocycles. The normalized spacial score (nSPS) is 11.2. The molecule has 0 unspecified atom stereocenters. The van der Waals surface area contributed by atoms with Crippen molar-refractivity contribution in [3.63, 3.8) is 0 Å². The van der Waals surface area contributed by atoms with Crippen LogP contribution in [0.3, 0.4) is 0 Å². The van der Waals surface area contributed by atoms with E-state index in [1.165, 1.54) is 32.1 Å². The average Bonchev–Trinajstić information content (AvgIpc) is 2.44. The monoisotopic (exact) mass is 426 g/mol. The smallest absolute Gasteiger partial charge is 0.309 e. The molecule has 0 spiro atoms. The maximum absolute atomic E-state index is 11.8. The molecular weight excluding hydrogens is 392 g/mol.